The highest BCUT2D eigenvalue weighted by Gasteiger charge is 2.36. The van der Waals surface area contributed by atoms with Crippen molar-refractivity contribution in [2.75, 3.05) is 6.54 Å². The van der Waals surface area contributed by atoms with Crippen molar-refractivity contribution in [1.82, 2.24) is 5.32 Å². The molecule has 1 amide bonds. The average molecular weight is 271 g/mol. The Morgan fingerprint density at radius 1 is 1.21 bits per heavy atom. The lowest BCUT2D eigenvalue weighted by molar-refractivity contribution is -0.141. The van der Waals surface area contributed by atoms with Crippen molar-refractivity contribution in [2.45, 2.75) is 64.4 Å². The molecule has 0 spiro atoms. The monoisotopic (exact) mass is 271 g/mol. The third kappa shape index (κ3) is 5.59. The van der Waals surface area contributed by atoms with E-state index in [-0.39, 0.29) is 30.7 Å². The number of rotatable bonds is 7. The molecule has 1 saturated carbocycles. The highest BCUT2D eigenvalue weighted by atomic mass is 16.4. The third-order valence-electron chi connectivity index (χ3n) is 3.98. The molecule has 1 unspecified atom stereocenters. The van der Waals surface area contributed by atoms with E-state index in [1.165, 1.54) is 0 Å². The number of nitrogens with one attached hydrogen (secondary N) is 1. The number of amides is 1. The summed E-state index contributed by atoms with van der Waals surface area (Å²) in [6.45, 7) is 2.10. The fourth-order valence-corrected chi connectivity index (χ4v) is 2.82. The topological polar surface area (TPSA) is 86.6 Å². The molecule has 0 heterocycles. The number of carboxylic acids is 1. The largest absolute Gasteiger partial charge is 0.481 e. The van der Waals surface area contributed by atoms with Gasteiger partial charge in [0.1, 0.15) is 0 Å². The van der Waals surface area contributed by atoms with E-state index >= 15 is 0 Å². The first kappa shape index (κ1) is 16.0. The van der Waals surface area contributed by atoms with Gasteiger partial charge < -0.3 is 15.5 Å². The molecule has 19 heavy (non-hydrogen) atoms. The summed E-state index contributed by atoms with van der Waals surface area (Å²) in [7, 11) is 0. The first-order valence-corrected chi connectivity index (χ1v) is 7.14. The molecule has 1 rings (SSSR count). The van der Waals surface area contributed by atoms with E-state index in [1.54, 1.807) is 0 Å². The lowest BCUT2D eigenvalue weighted by Crippen LogP contribution is -2.37. The molecule has 0 radical (unpaired) electrons. The van der Waals surface area contributed by atoms with Crippen LogP contribution in [-0.2, 0) is 9.59 Å². The van der Waals surface area contributed by atoms with E-state index in [9.17, 15) is 14.7 Å². The van der Waals surface area contributed by atoms with Gasteiger partial charge in [0.05, 0.1) is 12.5 Å². The molecule has 0 aliphatic heterocycles. The van der Waals surface area contributed by atoms with Crippen molar-refractivity contribution in [3.63, 3.8) is 0 Å². The number of carbonyl (C=O) groups excluding carboxylic acids is 1. The van der Waals surface area contributed by atoms with Crippen LogP contribution in [0.3, 0.4) is 0 Å². The van der Waals surface area contributed by atoms with Crippen LogP contribution in [0.1, 0.15) is 58.3 Å². The predicted octanol–water partition coefficient (Wildman–Crippen LogP) is 1.69. The molecule has 0 bridgehead atoms. The van der Waals surface area contributed by atoms with Crippen LogP contribution in [0.4, 0.5) is 0 Å². The van der Waals surface area contributed by atoms with Crippen molar-refractivity contribution in [1.29, 1.82) is 0 Å². The first-order chi connectivity index (χ1) is 8.97. The Labute approximate surface area is 114 Å². The van der Waals surface area contributed by atoms with Gasteiger partial charge in [0.15, 0.2) is 0 Å². The lowest BCUT2D eigenvalue weighted by Gasteiger charge is -2.35. The van der Waals surface area contributed by atoms with Crippen LogP contribution in [0.15, 0.2) is 0 Å². The zero-order valence-electron chi connectivity index (χ0n) is 11.7. The van der Waals surface area contributed by atoms with Crippen molar-refractivity contribution >= 4 is 11.9 Å². The summed E-state index contributed by atoms with van der Waals surface area (Å²) < 4.78 is 0. The summed E-state index contributed by atoms with van der Waals surface area (Å²) in [5.74, 6) is -0.973. The zero-order chi connectivity index (χ0) is 14.3. The Morgan fingerprint density at radius 2 is 1.84 bits per heavy atom. The highest BCUT2D eigenvalue weighted by Crippen LogP contribution is 2.42. The highest BCUT2D eigenvalue weighted by molar-refractivity contribution is 5.78. The van der Waals surface area contributed by atoms with Crippen LogP contribution < -0.4 is 5.32 Å². The van der Waals surface area contributed by atoms with Gasteiger partial charge in [0.25, 0.3) is 0 Å². The molecule has 0 saturated heterocycles. The molecule has 1 aliphatic rings. The summed E-state index contributed by atoms with van der Waals surface area (Å²) in [6, 6.07) is 0. The van der Waals surface area contributed by atoms with E-state index < -0.39 is 12.1 Å². The fourth-order valence-electron chi connectivity index (χ4n) is 2.82. The summed E-state index contributed by atoms with van der Waals surface area (Å²) in [4.78, 5) is 22.9. The number of hydrogen-bond donors (Lipinski definition) is 3. The van der Waals surface area contributed by atoms with Gasteiger partial charge in [0.2, 0.25) is 5.91 Å². The molecule has 0 aromatic heterocycles. The molecule has 0 aromatic carbocycles. The Balaban J connectivity index is 2.52. The molecular weight excluding hydrogens is 246 g/mol. The van der Waals surface area contributed by atoms with Crippen molar-refractivity contribution in [3.8, 4) is 0 Å². The number of hydrogen-bond acceptors (Lipinski definition) is 3. The summed E-state index contributed by atoms with van der Waals surface area (Å²) in [5.41, 5.74) is -0.384. The number of aliphatic hydroxyl groups excluding tert-OH is 1. The molecule has 1 atom stereocenters. The third-order valence-corrected chi connectivity index (χ3v) is 3.98. The van der Waals surface area contributed by atoms with Crippen LogP contribution in [0, 0.1) is 5.41 Å². The fraction of sp³-hybridized carbons (Fsp3) is 0.857. The van der Waals surface area contributed by atoms with Gasteiger partial charge in [-0.3, -0.25) is 9.59 Å². The molecule has 5 heteroatoms. The number of aliphatic carboxylic acids is 1. The first-order valence-electron chi connectivity index (χ1n) is 7.14. The van der Waals surface area contributed by atoms with E-state index in [1.807, 2.05) is 6.92 Å². The van der Waals surface area contributed by atoms with Crippen LogP contribution in [0.25, 0.3) is 0 Å². The van der Waals surface area contributed by atoms with E-state index in [0.717, 1.165) is 32.1 Å². The molecule has 5 nitrogen and oxygen atoms in total. The van der Waals surface area contributed by atoms with Gasteiger partial charge >= 0.3 is 5.97 Å². The van der Waals surface area contributed by atoms with Gasteiger partial charge in [-0.15, -0.1) is 0 Å². The minimum absolute atomic E-state index is 0.0662. The summed E-state index contributed by atoms with van der Waals surface area (Å²) >= 11 is 0. The summed E-state index contributed by atoms with van der Waals surface area (Å²) in [6.07, 6.45) is 5.14. The van der Waals surface area contributed by atoms with Gasteiger partial charge in [0, 0.05) is 13.0 Å². The molecule has 3 N–H and O–H groups in total. The van der Waals surface area contributed by atoms with Crippen molar-refractivity contribution < 1.29 is 19.8 Å². The van der Waals surface area contributed by atoms with Crippen LogP contribution >= 0.6 is 0 Å². The molecular formula is C14H25NO4. The maximum atomic E-state index is 11.9. The SMILES string of the molecule is CCC(O)CNC(=O)CC1(CC(=O)O)CCCCC1. The van der Waals surface area contributed by atoms with Gasteiger partial charge in [-0.1, -0.05) is 26.2 Å². The number of aliphatic hydroxyl groups is 1. The van der Waals surface area contributed by atoms with Crippen molar-refractivity contribution in [2.24, 2.45) is 5.41 Å². The van der Waals surface area contributed by atoms with Gasteiger partial charge in [-0.25, -0.2) is 0 Å². The zero-order valence-corrected chi connectivity index (χ0v) is 11.7. The van der Waals surface area contributed by atoms with Crippen LogP contribution in [0.5, 0.6) is 0 Å². The minimum atomic E-state index is -0.830. The number of carbonyl (C=O) groups is 2. The lowest BCUT2D eigenvalue weighted by atomic mass is 9.69. The minimum Gasteiger partial charge on any atom is -0.481 e. The molecule has 0 aromatic rings. The van der Waals surface area contributed by atoms with Crippen LogP contribution in [-0.4, -0.2) is 34.7 Å². The normalized spacial score (nSPS) is 19.7. The molecule has 110 valence electrons. The van der Waals surface area contributed by atoms with Gasteiger partial charge in [-0.05, 0) is 24.7 Å². The number of carboxylic acid groups (broad SMARTS) is 1. The second kappa shape index (κ2) is 7.48. The quantitative estimate of drug-likeness (QED) is 0.657. The van der Waals surface area contributed by atoms with Crippen molar-refractivity contribution in [3.05, 3.63) is 0 Å². The van der Waals surface area contributed by atoms with E-state index in [4.69, 9.17) is 5.11 Å². The second-order valence-electron chi connectivity index (χ2n) is 5.67. The molecule has 1 aliphatic carbocycles. The maximum Gasteiger partial charge on any atom is 0.303 e. The van der Waals surface area contributed by atoms with E-state index in [0.29, 0.717) is 6.42 Å². The van der Waals surface area contributed by atoms with E-state index in [2.05, 4.69) is 5.32 Å². The van der Waals surface area contributed by atoms with Crippen LogP contribution in [0.2, 0.25) is 0 Å². The molecule has 1 fully saturated rings. The standard InChI is InChI=1S/C14H25NO4/c1-2-11(16)10-15-12(17)8-14(9-13(18)19)6-4-3-5-7-14/h11,16H,2-10H2,1H3,(H,15,17)(H,18,19). The predicted molar refractivity (Wildman–Crippen MR) is 71.7 cm³/mol. The summed E-state index contributed by atoms with van der Waals surface area (Å²) in [5, 5.41) is 21.1. The maximum absolute atomic E-state index is 11.9. The average Bonchev–Trinajstić information content (AvgIpc) is 2.35. The second-order valence-corrected chi connectivity index (χ2v) is 5.67. The Kier molecular flexibility index (Phi) is 6.28. The Hall–Kier alpha value is -1.10. The smallest absolute Gasteiger partial charge is 0.303 e. The van der Waals surface area contributed by atoms with Gasteiger partial charge in [-0.2, -0.15) is 0 Å². The Morgan fingerprint density at radius 3 is 2.37 bits per heavy atom. The Bertz CT molecular complexity index is 311.